The number of hydrogen-bond acceptors (Lipinski definition) is 3. The summed E-state index contributed by atoms with van der Waals surface area (Å²) >= 11 is 38.1. The molecule has 3 rings (SSSR count). The average molecular weight is 442 g/mol. The summed E-state index contributed by atoms with van der Waals surface area (Å²) in [7, 11) is 0. The molecule has 0 spiro atoms. The molecule has 0 aromatic rings. The van der Waals surface area contributed by atoms with Gasteiger partial charge in [-0.15, -0.1) is 23.2 Å². The highest BCUT2D eigenvalue weighted by Gasteiger charge is 2.87. The Morgan fingerprint density at radius 1 is 1.00 bits per heavy atom. The van der Waals surface area contributed by atoms with E-state index in [0.29, 0.717) is 11.5 Å². The molecule has 1 saturated carbocycles. The highest BCUT2D eigenvalue weighted by molar-refractivity contribution is 6.66. The Bertz CT molecular complexity index is 591. The summed E-state index contributed by atoms with van der Waals surface area (Å²) in [6.07, 6.45) is 1.52. The monoisotopic (exact) mass is 439 g/mol. The van der Waals surface area contributed by atoms with Crippen LogP contribution in [0.5, 0.6) is 0 Å². The third kappa shape index (κ3) is 1.87. The van der Waals surface area contributed by atoms with Crippen LogP contribution in [0.15, 0.2) is 10.1 Å². The van der Waals surface area contributed by atoms with Crippen LogP contribution in [0.3, 0.4) is 0 Å². The molecule has 4 atom stereocenters. The van der Waals surface area contributed by atoms with Gasteiger partial charge in [0.05, 0.1) is 28.5 Å². The number of carbonyl (C=O) groups excluding carboxylic acids is 2. The van der Waals surface area contributed by atoms with Crippen molar-refractivity contribution in [2.24, 2.45) is 11.8 Å². The van der Waals surface area contributed by atoms with E-state index in [9.17, 15) is 9.59 Å². The Morgan fingerprint density at radius 2 is 1.43 bits per heavy atom. The molecule has 0 N–H and O–H groups in total. The summed E-state index contributed by atoms with van der Waals surface area (Å²) in [5, 5.41) is 0.458. The van der Waals surface area contributed by atoms with E-state index in [4.69, 9.17) is 74.4 Å². The lowest BCUT2D eigenvalue weighted by Gasteiger charge is -2.34. The molecule has 2 aliphatic carbocycles. The maximum Gasteiger partial charge on any atom is 0.259 e. The van der Waals surface area contributed by atoms with Gasteiger partial charge in [0, 0.05) is 0 Å². The van der Waals surface area contributed by atoms with E-state index < -0.39 is 37.7 Å². The minimum absolute atomic E-state index is 0.112. The fourth-order valence-electron chi connectivity index (χ4n) is 3.40. The molecule has 2 bridgehead atoms. The molecule has 2 amide bonds. The maximum atomic E-state index is 12.7. The maximum absolute atomic E-state index is 12.7. The second kappa shape index (κ2) is 5.54. The average Bonchev–Trinajstić information content (AvgIpc) is 2.86. The van der Waals surface area contributed by atoms with Gasteiger partial charge in [-0.3, -0.25) is 14.4 Å². The van der Waals surface area contributed by atoms with Crippen LogP contribution in [0.25, 0.3) is 0 Å². The zero-order chi connectivity index (χ0) is 17.4. The van der Waals surface area contributed by atoms with Crippen LogP contribution >= 0.6 is 69.6 Å². The van der Waals surface area contributed by atoms with Crippen LogP contribution in [-0.2, 0) is 14.4 Å². The lowest BCUT2D eigenvalue weighted by molar-refractivity contribution is -0.190. The topological polar surface area (TPSA) is 46.6 Å². The molecule has 2 fully saturated rings. The number of rotatable bonds is 4. The summed E-state index contributed by atoms with van der Waals surface area (Å²) in [6.45, 7) is 2.16. The molecule has 0 aromatic carbocycles. The van der Waals surface area contributed by atoms with Gasteiger partial charge in [0.15, 0.2) is 4.33 Å². The Balaban J connectivity index is 2.06. The van der Waals surface area contributed by atoms with E-state index >= 15 is 0 Å². The second-order valence-electron chi connectivity index (χ2n) is 5.74. The summed E-state index contributed by atoms with van der Waals surface area (Å²) in [5.74, 6) is -3.61. The normalized spacial score (nSPS) is 41.3. The van der Waals surface area contributed by atoms with Crippen LogP contribution < -0.4 is 0 Å². The minimum atomic E-state index is -1.91. The molecular weight excluding hydrogens is 431 g/mol. The van der Waals surface area contributed by atoms with Gasteiger partial charge in [0.2, 0.25) is 0 Å². The van der Waals surface area contributed by atoms with Crippen molar-refractivity contribution in [3.05, 3.63) is 10.1 Å². The van der Waals surface area contributed by atoms with Crippen molar-refractivity contribution >= 4 is 81.4 Å². The van der Waals surface area contributed by atoms with Gasteiger partial charge in [-0.05, 0) is 6.42 Å². The van der Waals surface area contributed by atoms with E-state index in [1.54, 1.807) is 0 Å². The van der Waals surface area contributed by atoms with Crippen LogP contribution in [-0.4, -0.2) is 37.6 Å². The lowest BCUT2D eigenvalue weighted by atomic mass is 9.84. The number of nitrogens with zero attached hydrogens (tertiary/aromatic N) is 1. The quantitative estimate of drug-likeness (QED) is 0.374. The zero-order valence-corrected chi connectivity index (χ0v) is 16.3. The van der Waals surface area contributed by atoms with Crippen LogP contribution in [0.1, 0.15) is 19.8 Å². The third-order valence-electron chi connectivity index (χ3n) is 4.59. The summed E-state index contributed by atoms with van der Waals surface area (Å²) in [5.41, 5.74) is 0. The number of hydroxylamine groups is 2. The predicted molar refractivity (Wildman–Crippen MR) is 90.0 cm³/mol. The molecule has 128 valence electrons. The van der Waals surface area contributed by atoms with E-state index in [-0.39, 0.29) is 16.7 Å². The largest absolute Gasteiger partial charge is 0.272 e. The SMILES string of the molecule is CCCCON1C(=O)[C@H]2[C@H](C1=O)[C@]1(Cl)C(Cl)=C(Cl)[C@]2(Cl)C1(Cl)Cl. The molecular formula is C13H11Cl6NO3. The summed E-state index contributed by atoms with van der Waals surface area (Å²) < 4.78 is -1.91. The van der Waals surface area contributed by atoms with Crippen LogP contribution in [0.2, 0.25) is 0 Å². The van der Waals surface area contributed by atoms with E-state index in [1.165, 1.54) is 0 Å². The van der Waals surface area contributed by atoms with Gasteiger partial charge in [0.25, 0.3) is 11.8 Å². The first-order chi connectivity index (χ1) is 10.6. The first-order valence-electron chi connectivity index (χ1n) is 6.91. The molecule has 10 heteroatoms. The van der Waals surface area contributed by atoms with Crippen molar-refractivity contribution in [3.8, 4) is 0 Å². The van der Waals surface area contributed by atoms with Crippen molar-refractivity contribution in [3.63, 3.8) is 0 Å². The molecule has 3 aliphatic rings. The highest BCUT2D eigenvalue weighted by Crippen LogP contribution is 2.77. The predicted octanol–water partition coefficient (Wildman–Crippen LogP) is 4.16. The van der Waals surface area contributed by atoms with Crippen LogP contribution in [0.4, 0.5) is 0 Å². The number of fused-ring (bicyclic) bond motifs is 5. The van der Waals surface area contributed by atoms with Gasteiger partial charge in [-0.1, -0.05) is 59.7 Å². The molecule has 0 unspecified atom stereocenters. The number of amides is 2. The first kappa shape index (κ1) is 18.4. The Labute approximate surface area is 162 Å². The number of alkyl halides is 4. The second-order valence-corrected chi connectivity index (χ2v) is 9.01. The summed E-state index contributed by atoms with van der Waals surface area (Å²) in [6, 6.07) is 0. The third-order valence-corrected chi connectivity index (χ3v) is 8.85. The number of allylic oxidation sites excluding steroid dienone is 2. The Hall–Kier alpha value is 0.580. The van der Waals surface area contributed by atoms with Crippen molar-refractivity contribution in [2.75, 3.05) is 6.61 Å². The Morgan fingerprint density at radius 3 is 1.83 bits per heavy atom. The van der Waals surface area contributed by atoms with Gasteiger partial charge in [-0.25, -0.2) is 0 Å². The molecule has 23 heavy (non-hydrogen) atoms. The van der Waals surface area contributed by atoms with Gasteiger partial charge >= 0.3 is 0 Å². The number of hydrogen-bond donors (Lipinski definition) is 0. The van der Waals surface area contributed by atoms with Crippen LogP contribution in [0, 0.1) is 11.8 Å². The number of unbranched alkanes of at least 4 members (excludes halogenated alkanes) is 1. The van der Waals surface area contributed by atoms with Gasteiger partial charge in [0.1, 0.15) is 9.75 Å². The van der Waals surface area contributed by atoms with E-state index in [1.807, 2.05) is 6.92 Å². The standard InChI is InChI=1S/C13H11Cl6NO3/c1-2-3-4-23-20-9(21)5-6(10(20)22)12(17)8(15)7(14)11(5,16)13(12,18)19/h5-6H,2-4H2,1H3/t5-,6-,11+,12+/m1/s1. The smallest absolute Gasteiger partial charge is 0.259 e. The Kier molecular flexibility index (Phi) is 4.42. The van der Waals surface area contributed by atoms with E-state index in [2.05, 4.69) is 0 Å². The molecule has 4 nitrogen and oxygen atoms in total. The number of halogens is 6. The molecule has 0 radical (unpaired) electrons. The van der Waals surface area contributed by atoms with Crippen molar-refractivity contribution in [1.29, 1.82) is 0 Å². The summed E-state index contributed by atoms with van der Waals surface area (Å²) in [4.78, 5) is 27.1. The van der Waals surface area contributed by atoms with Gasteiger partial charge < -0.3 is 0 Å². The molecule has 1 heterocycles. The molecule has 1 saturated heterocycles. The minimum Gasteiger partial charge on any atom is -0.272 e. The molecule has 1 aliphatic heterocycles. The number of imide groups is 1. The zero-order valence-electron chi connectivity index (χ0n) is 11.7. The lowest BCUT2D eigenvalue weighted by Crippen LogP contribution is -2.50. The van der Waals surface area contributed by atoms with Crippen molar-refractivity contribution < 1.29 is 14.4 Å². The highest BCUT2D eigenvalue weighted by atomic mass is 35.5. The fraction of sp³-hybridized carbons (Fsp3) is 0.692. The van der Waals surface area contributed by atoms with Crippen molar-refractivity contribution in [2.45, 2.75) is 33.8 Å². The molecule has 0 aromatic heterocycles. The first-order valence-corrected chi connectivity index (χ1v) is 9.17. The van der Waals surface area contributed by atoms with Gasteiger partial charge in [-0.2, -0.15) is 5.06 Å². The number of carbonyl (C=O) groups is 2. The van der Waals surface area contributed by atoms with E-state index in [0.717, 1.165) is 6.42 Å². The van der Waals surface area contributed by atoms with Crippen molar-refractivity contribution in [1.82, 2.24) is 5.06 Å². The fourth-order valence-corrected chi connectivity index (χ4v) is 6.33.